The van der Waals surface area contributed by atoms with Crippen molar-refractivity contribution in [1.82, 2.24) is 0 Å². The predicted octanol–water partition coefficient (Wildman–Crippen LogP) is 6.43. The molecule has 0 saturated carbocycles. The number of carbonyl (C=O) groups is 2. The molecule has 0 fully saturated rings. The van der Waals surface area contributed by atoms with Gasteiger partial charge in [-0.15, -0.1) is 0 Å². The van der Waals surface area contributed by atoms with Gasteiger partial charge in [0, 0.05) is 46.5 Å². The van der Waals surface area contributed by atoms with E-state index >= 15 is 0 Å². The molecule has 0 radical (unpaired) electrons. The number of benzene rings is 3. The molecular formula is C29H28N2O5. The zero-order valence-corrected chi connectivity index (χ0v) is 20.9. The third kappa shape index (κ3) is 5.10. The van der Waals surface area contributed by atoms with Gasteiger partial charge < -0.3 is 24.5 Å². The number of fused-ring (bicyclic) bond motifs is 1. The molecule has 2 amide bonds. The molecule has 36 heavy (non-hydrogen) atoms. The molecule has 0 spiro atoms. The lowest BCUT2D eigenvalue weighted by Crippen LogP contribution is -2.09. The smallest absolute Gasteiger partial charge is 0.248 e. The molecule has 1 heterocycles. The van der Waals surface area contributed by atoms with E-state index in [0.717, 1.165) is 44.5 Å². The van der Waals surface area contributed by atoms with Crippen LogP contribution in [0.4, 0.5) is 11.4 Å². The third-order valence-electron chi connectivity index (χ3n) is 5.87. The van der Waals surface area contributed by atoms with Gasteiger partial charge in [0.1, 0.15) is 17.1 Å². The van der Waals surface area contributed by atoms with Crippen molar-refractivity contribution in [2.24, 2.45) is 0 Å². The molecule has 3 aromatic carbocycles. The van der Waals surface area contributed by atoms with Crippen LogP contribution in [-0.2, 0) is 9.59 Å². The Bertz CT molecular complexity index is 1470. The summed E-state index contributed by atoms with van der Waals surface area (Å²) in [6.45, 7) is 5.25. The Morgan fingerprint density at radius 3 is 2.25 bits per heavy atom. The lowest BCUT2D eigenvalue weighted by atomic mass is 9.96. The maximum atomic E-state index is 12.8. The van der Waals surface area contributed by atoms with Crippen molar-refractivity contribution in [3.63, 3.8) is 0 Å². The van der Waals surface area contributed by atoms with Crippen molar-refractivity contribution in [3.05, 3.63) is 78.1 Å². The second-order valence-electron chi connectivity index (χ2n) is 8.42. The normalized spacial score (nSPS) is 11.3. The number of ether oxygens (including phenoxy) is 2. The van der Waals surface area contributed by atoms with E-state index in [0.29, 0.717) is 17.1 Å². The van der Waals surface area contributed by atoms with Crippen LogP contribution in [-0.4, -0.2) is 26.0 Å². The van der Waals surface area contributed by atoms with Crippen LogP contribution in [0.5, 0.6) is 11.5 Å². The van der Waals surface area contributed by atoms with Crippen molar-refractivity contribution in [2.75, 3.05) is 24.9 Å². The van der Waals surface area contributed by atoms with Crippen molar-refractivity contribution in [2.45, 2.75) is 20.8 Å². The van der Waals surface area contributed by atoms with E-state index in [1.807, 2.05) is 44.2 Å². The summed E-state index contributed by atoms with van der Waals surface area (Å²) in [5, 5.41) is 6.47. The summed E-state index contributed by atoms with van der Waals surface area (Å²) in [5.41, 5.74) is 6.27. The largest absolute Gasteiger partial charge is 0.497 e. The minimum atomic E-state index is -0.278. The number of furan rings is 1. The zero-order valence-electron chi connectivity index (χ0n) is 20.9. The SMILES string of the molecule is COc1cccc(-c2coc3c(C)c(OC)c(/C(C)=C/C(=O)Nc4ccc(NC(C)=O)cc4)cc23)c1. The number of carbonyl (C=O) groups excluding carboxylic acids is 2. The summed E-state index contributed by atoms with van der Waals surface area (Å²) in [6, 6.07) is 16.7. The Balaban J connectivity index is 1.68. The molecule has 4 aromatic rings. The Morgan fingerprint density at radius 2 is 1.61 bits per heavy atom. The fraction of sp³-hybridized carbons (Fsp3) is 0.172. The van der Waals surface area contributed by atoms with Gasteiger partial charge in [0.2, 0.25) is 11.8 Å². The first-order chi connectivity index (χ1) is 17.3. The highest BCUT2D eigenvalue weighted by Crippen LogP contribution is 2.41. The van der Waals surface area contributed by atoms with Crippen LogP contribution < -0.4 is 20.1 Å². The summed E-state index contributed by atoms with van der Waals surface area (Å²) in [6.07, 6.45) is 3.27. The van der Waals surface area contributed by atoms with Crippen molar-refractivity contribution in [3.8, 4) is 22.6 Å². The number of aryl methyl sites for hydroxylation is 1. The number of methoxy groups -OCH3 is 2. The average Bonchev–Trinajstić information content (AvgIpc) is 3.29. The number of allylic oxidation sites excluding steroid dienone is 1. The Hall–Kier alpha value is -4.52. The molecule has 1 aromatic heterocycles. The standard InChI is InChI=1S/C29H28N2O5/c1-17(13-27(33)31-22-11-9-21(10-12-22)30-19(3)32)24-15-25-26(20-7-6-8-23(14-20)34-4)16-36-29(25)18(2)28(24)35-5/h6-16H,1-5H3,(H,30,32)(H,31,33)/b17-13+. The molecule has 7 heteroatoms. The topological polar surface area (TPSA) is 89.8 Å². The second-order valence-corrected chi connectivity index (χ2v) is 8.42. The maximum Gasteiger partial charge on any atom is 0.248 e. The molecule has 0 saturated heterocycles. The van der Waals surface area contributed by atoms with Crippen molar-refractivity contribution < 1.29 is 23.5 Å². The molecule has 0 aliphatic rings. The molecule has 4 rings (SSSR count). The lowest BCUT2D eigenvalue weighted by molar-refractivity contribution is -0.114. The van der Waals surface area contributed by atoms with Crippen molar-refractivity contribution >= 4 is 39.7 Å². The molecule has 184 valence electrons. The maximum absolute atomic E-state index is 12.8. The van der Waals surface area contributed by atoms with E-state index in [4.69, 9.17) is 13.9 Å². The first-order valence-electron chi connectivity index (χ1n) is 11.4. The second kappa shape index (κ2) is 10.4. The van der Waals surface area contributed by atoms with E-state index in [1.54, 1.807) is 44.7 Å². The third-order valence-corrected chi connectivity index (χ3v) is 5.87. The van der Waals surface area contributed by atoms with Crippen LogP contribution in [0.2, 0.25) is 0 Å². The van der Waals surface area contributed by atoms with E-state index in [2.05, 4.69) is 10.6 Å². The molecule has 7 nitrogen and oxygen atoms in total. The number of nitrogens with one attached hydrogen (secondary N) is 2. The summed E-state index contributed by atoms with van der Waals surface area (Å²) < 4.78 is 17.0. The lowest BCUT2D eigenvalue weighted by Gasteiger charge is -2.13. The average molecular weight is 485 g/mol. The Kier molecular flexibility index (Phi) is 7.10. The van der Waals surface area contributed by atoms with Crippen LogP contribution in [0.15, 0.2) is 71.4 Å². The van der Waals surface area contributed by atoms with E-state index in [9.17, 15) is 9.59 Å². The fourth-order valence-corrected chi connectivity index (χ4v) is 4.18. The van der Waals surface area contributed by atoms with Crippen LogP contribution in [0.25, 0.3) is 27.7 Å². The van der Waals surface area contributed by atoms with Gasteiger partial charge >= 0.3 is 0 Å². The molecule has 0 bridgehead atoms. The van der Waals surface area contributed by atoms with Crippen LogP contribution in [0.3, 0.4) is 0 Å². The number of hydrogen-bond donors (Lipinski definition) is 2. The van der Waals surface area contributed by atoms with E-state index in [1.165, 1.54) is 13.0 Å². The minimum Gasteiger partial charge on any atom is -0.497 e. The summed E-state index contributed by atoms with van der Waals surface area (Å²) in [4.78, 5) is 24.0. The first kappa shape index (κ1) is 24.6. The van der Waals surface area contributed by atoms with Crippen LogP contribution >= 0.6 is 0 Å². The minimum absolute atomic E-state index is 0.154. The van der Waals surface area contributed by atoms with Gasteiger partial charge in [-0.3, -0.25) is 9.59 Å². The van der Waals surface area contributed by atoms with E-state index in [-0.39, 0.29) is 11.8 Å². The molecular weight excluding hydrogens is 456 g/mol. The van der Waals surface area contributed by atoms with Gasteiger partial charge in [-0.2, -0.15) is 0 Å². The predicted molar refractivity (Wildman–Crippen MR) is 143 cm³/mol. The molecule has 0 aliphatic heterocycles. The van der Waals surface area contributed by atoms with Gasteiger partial charge in [0.15, 0.2) is 0 Å². The Morgan fingerprint density at radius 1 is 0.917 bits per heavy atom. The van der Waals surface area contributed by atoms with Gasteiger partial charge in [-0.1, -0.05) is 12.1 Å². The highest BCUT2D eigenvalue weighted by atomic mass is 16.5. The van der Waals surface area contributed by atoms with Crippen LogP contribution in [0, 0.1) is 6.92 Å². The first-order valence-corrected chi connectivity index (χ1v) is 11.4. The Labute approximate surface area is 209 Å². The van der Waals surface area contributed by atoms with Crippen molar-refractivity contribution in [1.29, 1.82) is 0 Å². The van der Waals surface area contributed by atoms with Gasteiger partial charge in [0.05, 0.1) is 20.5 Å². The number of hydrogen-bond acceptors (Lipinski definition) is 5. The molecule has 2 N–H and O–H groups in total. The van der Waals surface area contributed by atoms with Gasteiger partial charge in [-0.25, -0.2) is 0 Å². The van der Waals surface area contributed by atoms with Gasteiger partial charge in [0.25, 0.3) is 0 Å². The number of amides is 2. The number of anilines is 2. The van der Waals surface area contributed by atoms with E-state index < -0.39 is 0 Å². The quantitative estimate of drug-likeness (QED) is 0.295. The highest BCUT2D eigenvalue weighted by molar-refractivity contribution is 6.06. The number of rotatable bonds is 7. The fourth-order valence-electron chi connectivity index (χ4n) is 4.18. The van der Waals surface area contributed by atoms with Crippen LogP contribution in [0.1, 0.15) is 25.0 Å². The monoisotopic (exact) mass is 484 g/mol. The summed E-state index contributed by atoms with van der Waals surface area (Å²) in [5.74, 6) is 0.971. The molecule has 0 unspecified atom stereocenters. The summed E-state index contributed by atoms with van der Waals surface area (Å²) >= 11 is 0. The van der Waals surface area contributed by atoms with Gasteiger partial charge in [-0.05, 0) is 67.4 Å². The summed E-state index contributed by atoms with van der Waals surface area (Å²) in [7, 11) is 3.24. The molecule has 0 atom stereocenters. The zero-order chi connectivity index (χ0) is 25.8. The molecule has 0 aliphatic carbocycles. The highest BCUT2D eigenvalue weighted by Gasteiger charge is 2.19.